The van der Waals surface area contributed by atoms with Crippen molar-refractivity contribution >= 4 is 17.1 Å². The van der Waals surface area contributed by atoms with Gasteiger partial charge in [0.25, 0.3) is 0 Å². The molecule has 2 heteroatoms. The average Bonchev–Trinajstić information content (AvgIpc) is 2.31. The number of carbonyl (C=O) groups is 2. The Labute approximate surface area is 95.0 Å². The summed E-state index contributed by atoms with van der Waals surface area (Å²) in [7, 11) is 0. The molecule has 0 N–H and O–H groups in total. The Hall–Kier alpha value is -1.70. The first-order chi connectivity index (χ1) is 7.77. The van der Waals surface area contributed by atoms with Crippen LogP contribution in [-0.4, -0.2) is 11.6 Å². The number of carbonyl (C=O) groups excluding carboxylic acids is 2. The highest BCUT2D eigenvalue weighted by Gasteiger charge is 2.15. The maximum atomic E-state index is 11.9. The van der Waals surface area contributed by atoms with E-state index in [0.29, 0.717) is 25.7 Å². The summed E-state index contributed by atoms with van der Waals surface area (Å²) in [6.07, 6.45) is 3.87. The third kappa shape index (κ3) is 2.45. The van der Waals surface area contributed by atoms with Gasteiger partial charge in [0.1, 0.15) is 5.78 Å². The van der Waals surface area contributed by atoms with Gasteiger partial charge < -0.3 is 0 Å². The second-order valence-corrected chi connectivity index (χ2v) is 3.98. The van der Waals surface area contributed by atoms with Gasteiger partial charge in [0.05, 0.1) is 0 Å². The SMILES string of the molecule is O=C1CC/C=C(/c2ccccc2)C(=O)CC1. The van der Waals surface area contributed by atoms with Crippen molar-refractivity contribution in [2.75, 3.05) is 0 Å². The van der Waals surface area contributed by atoms with E-state index >= 15 is 0 Å². The molecule has 16 heavy (non-hydrogen) atoms. The van der Waals surface area contributed by atoms with Crippen LogP contribution in [0.5, 0.6) is 0 Å². The molecular weight excluding hydrogens is 200 g/mol. The molecule has 0 saturated heterocycles. The normalized spacial score (nSPS) is 20.9. The molecule has 1 aliphatic rings. The van der Waals surface area contributed by atoms with Crippen molar-refractivity contribution in [3.63, 3.8) is 0 Å². The van der Waals surface area contributed by atoms with Crippen LogP contribution in [0.3, 0.4) is 0 Å². The van der Waals surface area contributed by atoms with Crippen molar-refractivity contribution < 1.29 is 9.59 Å². The molecular formula is C14H14O2. The van der Waals surface area contributed by atoms with E-state index in [1.165, 1.54) is 0 Å². The lowest BCUT2D eigenvalue weighted by Gasteiger charge is -2.10. The fourth-order valence-electron chi connectivity index (χ4n) is 1.90. The molecule has 2 nitrogen and oxygen atoms in total. The van der Waals surface area contributed by atoms with Crippen molar-refractivity contribution in [3.05, 3.63) is 42.0 Å². The molecule has 0 fully saturated rings. The lowest BCUT2D eigenvalue weighted by Crippen LogP contribution is -2.09. The Bertz CT molecular complexity index is 429. The van der Waals surface area contributed by atoms with Crippen LogP contribution in [-0.2, 0) is 9.59 Å². The van der Waals surface area contributed by atoms with E-state index in [1.54, 1.807) is 0 Å². The first-order valence-corrected chi connectivity index (χ1v) is 5.58. The van der Waals surface area contributed by atoms with Gasteiger partial charge in [-0.25, -0.2) is 0 Å². The highest BCUT2D eigenvalue weighted by atomic mass is 16.1. The number of Topliss-reactive ketones (excluding diaryl/α,β-unsaturated/α-hetero) is 2. The van der Waals surface area contributed by atoms with Crippen LogP contribution in [0, 0.1) is 0 Å². The second kappa shape index (κ2) is 4.88. The van der Waals surface area contributed by atoms with Gasteiger partial charge in [0.15, 0.2) is 5.78 Å². The summed E-state index contributed by atoms with van der Waals surface area (Å²) < 4.78 is 0. The number of hydrogen-bond donors (Lipinski definition) is 0. The lowest BCUT2D eigenvalue weighted by molar-refractivity contribution is -0.122. The monoisotopic (exact) mass is 214 g/mol. The Morgan fingerprint density at radius 1 is 0.875 bits per heavy atom. The summed E-state index contributed by atoms with van der Waals surface area (Å²) in [6.45, 7) is 0. The minimum Gasteiger partial charge on any atom is -0.300 e. The molecule has 2 rings (SSSR count). The molecule has 0 spiro atoms. The number of ketones is 2. The van der Waals surface area contributed by atoms with E-state index in [0.717, 1.165) is 11.1 Å². The minimum absolute atomic E-state index is 0.0826. The van der Waals surface area contributed by atoms with Crippen LogP contribution in [0.1, 0.15) is 31.2 Å². The van der Waals surface area contributed by atoms with Crippen LogP contribution >= 0.6 is 0 Å². The van der Waals surface area contributed by atoms with Crippen molar-refractivity contribution in [1.82, 2.24) is 0 Å². The average molecular weight is 214 g/mol. The predicted octanol–water partition coefficient (Wildman–Crippen LogP) is 2.78. The molecule has 0 atom stereocenters. The maximum Gasteiger partial charge on any atom is 0.163 e. The van der Waals surface area contributed by atoms with Gasteiger partial charge in [-0.15, -0.1) is 0 Å². The third-order valence-corrected chi connectivity index (χ3v) is 2.79. The number of benzene rings is 1. The summed E-state index contributed by atoms with van der Waals surface area (Å²) in [4.78, 5) is 23.1. The zero-order valence-corrected chi connectivity index (χ0v) is 9.11. The molecule has 0 heterocycles. The molecule has 0 amide bonds. The smallest absolute Gasteiger partial charge is 0.163 e. The van der Waals surface area contributed by atoms with E-state index in [-0.39, 0.29) is 11.6 Å². The molecule has 0 radical (unpaired) electrons. The Morgan fingerprint density at radius 2 is 1.62 bits per heavy atom. The van der Waals surface area contributed by atoms with Gasteiger partial charge in [-0.1, -0.05) is 36.4 Å². The number of rotatable bonds is 1. The van der Waals surface area contributed by atoms with Crippen molar-refractivity contribution in [2.45, 2.75) is 25.7 Å². The van der Waals surface area contributed by atoms with E-state index in [1.807, 2.05) is 36.4 Å². The molecule has 0 aliphatic heterocycles. The van der Waals surface area contributed by atoms with E-state index in [4.69, 9.17) is 0 Å². The van der Waals surface area contributed by atoms with Crippen LogP contribution in [0.15, 0.2) is 36.4 Å². The molecule has 1 aliphatic carbocycles. The summed E-state index contributed by atoms with van der Waals surface area (Å²) in [5.41, 5.74) is 1.73. The lowest BCUT2D eigenvalue weighted by atomic mass is 9.93. The van der Waals surface area contributed by atoms with Gasteiger partial charge in [0.2, 0.25) is 0 Å². The molecule has 1 aromatic carbocycles. The van der Waals surface area contributed by atoms with Gasteiger partial charge in [-0.3, -0.25) is 9.59 Å². The number of allylic oxidation sites excluding steroid dienone is 2. The van der Waals surface area contributed by atoms with Crippen LogP contribution in [0.4, 0.5) is 0 Å². The maximum absolute atomic E-state index is 11.9. The Kier molecular flexibility index (Phi) is 3.30. The van der Waals surface area contributed by atoms with Crippen molar-refractivity contribution in [2.24, 2.45) is 0 Å². The molecule has 0 aromatic heterocycles. The molecule has 0 bridgehead atoms. The van der Waals surface area contributed by atoms with E-state index < -0.39 is 0 Å². The zero-order chi connectivity index (χ0) is 11.4. The Balaban J connectivity index is 2.28. The molecule has 82 valence electrons. The second-order valence-electron chi connectivity index (χ2n) is 3.98. The van der Waals surface area contributed by atoms with Gasteiger partial charge in [-0.2, -0.15) is 0 Å². The zero-order valence-electron chi connectivity index (χ0n) is 9.11. The summed E-state index contributed by atoms with van der Waals surface area (Å²) in [5.74, 6) is 0.274. The van der Waals surface area contributed by atoms with Crippen LogP contribution < -0.4 is 0 Å². The first kappa shape index (κ1) is 10.8. The summed E-state index contributed by atoms with van der Waals surface area (Å²) >= 11 is 0. The summed E-state index contributed by atoms with van der Waals surface area (Å²) in [6, 6.07) is 9.65. The van der Waals surface area contributed by atoms with E-state index in [9.17, 15) is 9.59 Å². The molecule has 1 aromatic rings. The van der Waals surface area contributed by atoms with Crippen LogP contribution in [0.25, 0.3) is 5.57 Å². The fourth-order valence-corrected chi connectivity index (χ4v) is 1.90. The van der Waals surface area contributed by atoms with Gasteiger partial charge in [-0.05, 0) is 12.0 Å². The standard InChI is InChI=1S/C14H14O2/c15-12-7-4-8-13(14(16)10-9-12)11-5-2-1-3-6-11/h1-3,5-6,8H,4,7,9-10H2/b13-8-. The first-order valence-electron chi connectivity index (χ1n) is 5.58. The molecule has 0 unspecified atom stereocenters. The van der Waals surface area contributed by atoms with E-state index in [2.05, 4.69) is 0 Å². The summed E-state index contributed by atoms with van der Waals surface area (Å²) in [5, 5.41) is 0. The highest BCUT2D eigenvalue weighted by molar-refractivity contribution is 6.21. The van der Waals surface area contributed by atoms with Crippen molar-refractivity contribution in [1.29, 1.82) is 0 Å². The Morgan fingerprint density at radius 3 is 2.38 bits per heavy atom. The van der Waals surface area contributed by atoms with Gasteiger partial charge >= 0.3 is 0 Å². The minimum atomic E-state index is 0.0826. The third-order valence-electron chi connectivity index (χ3n) is 2.79. The fraction of sp³-hybridized carbons (Fsp3) is 0.286. The van der Waals surface area contributed by atoms with Crippen molar-refractivity contribution in [3.8, 4) is 0 Å². The van der Waals surface area contributed by atoms with Gasteiger partial charge in [0, 0.05) is 24.8 Å². The predicted molar refractivity (Wildman–Crippen MR) is 62.9 cm³/mol. The molecule has 0 saturated carbocycles. The quantitative estimate of drug-likeness (QED) is 0.720. The highest BCUT2D eigenvalue weighted by Crippen LogP contribution is 2.21. The largest absolute Gasteiger partial charge is 0.300 e. The topological polar surface area (TPSA) is 34.1 Å². The van der Waals surface area contributed by atoms with Crippen LogP contribution in [0.2, 0.25) is 0 Å². The number of hydrogen-bond acceptors (Lipinski definition) is 2.